The van der Waals surface area contributed by atoms with Crippen molar-refractivity contribution in [2.24, 2.45) is 5.92 Å². The van der Waals surface area contributed by atoms with Gasteiger partial charge in [0.05, 0.1) is 12.2 Å². The van der Waals surface area contributed by atoms with Crippen molar-refractivity contribution in [3.63, 3.8) is 0 Å². The first-order valence-corrected chi connectivity index (χ1v) is 10.5. The summed E-state index contributed by atoms with van der Waals surface area (Å²) in [6.07, 6.45) is 5.66. The normalized spacial score (nSPS) is 25.3. The third-order valence-electron chi connectivity index (χ3n) is 5.30. The van der Waals surface area contributed by atoms with Crippen molar-refractivity contribution in [1.29, 1.82) is 0 Å². The van der Waals surface area contributed by atoms with E-state index in [9.17, 15) is 9.18 Å². The minimum atomic E-state index is -0.324. The maximum absolute atomic E-state index is 13.8. The highest BCUT2D eigenvalue weighted by molar-refractivity contribution is 9.10. The number of carbonyl (C=O) groups is 1. The minimum Gasteiger partial charge on any atom is -0.373 e. The third-order valence-corrected chi connectivity index (χ3v) is 5.79. The average Bonchev–Trinajstić information content (AvgIpc) is 2.62. The number of halogens is 2. The molecule has 2 unspecified atom stereocenters. The quantitative estimate of drug-likeness (QED) is 0.667. The van der Waals surface area contributed by atoms with E-state index in [1.807, 2.05) is 4.90 Å². The minimum absolute atomic E-state index is 0.0403. The van der Waals surface area contributed by atoms with Gasteiger partial charge in [-0.15, -0.1) is 0 Å². The van der Waals surface area contributed by atoms with Gasteiger partial charge in [0.15, 0.2) is 0 Å². The highest BCUT2D eigenvalue weighted by Gasteiger charge is 2.27. The molecule has 27 heavy (non-hydrogen) atoms. The molecule has 148 valence electrons. The van der Waals surface area contributed by atoms with Crippen LogP contribution < -0.4 is 0 Å². The molecule has 0 bridgehead atoms. The van der Waals surface area contributed by atoms with Crippen LogP contribution >= 0.6 is 15.9 Å². The van der Waals surface area contributed by atoms with Crippen LogP contribution in [0.4, 0.5) is 4.39 Å². The van der Waals surface area contributed by atoms with Crippen molar-refractivity contribution in [1.82, 2.24) is 9.80 Å². The molecular weight excluding hydrogens is 411 g/mol. The largest absolute Gasteiger partial charge is 0.373 e. The molecule has 1 aromatic rings. The molecule has 0 N–H and O–H groups in total. The molecule has 0 saturated carbocycles. The Morgan fingerprint density at radius 1 is 1.26 bits per heavy atom. The SMILES string of the molecule is CC1CN(CC2CCN(C(=O)/C=C/c3cc(Br)ccc3F)CC2)CC(C)O1. The molecule has 0 aromatic heterocycles. The molecular formula is C21H28BrFN2O2. The summed E-state index contributed by atoms with van der Waals surface area (Å²) in [5, 5.41) is 0. The zero-order valence-corrected chi connectivity index (χ0v) is 17.6. The van der Waals surface area contributed by atoms with Crippen molar-refractivity contribution in [3.05, 3.63) is 40.1 Å². The first kappa shape index (κ1) is 20.5. The number of piperidine rings is 1. The molecule has 0 spiro atoms. The molecule has 2 aliphatic rings. The van der Waals surface area contributed by atoms with Crippen LogP contribution in [0.15, 0.2) is 28.7 Å². The van der Waals surface area contributed by atoms with Crippen molar-refractivity contribution in [2.75, 3.05) is 32.7 Å². The Morgan fingerprint density at radius 2 is 1.93 bits per heavy atom. The summed E-state index contributed by atoms with van der Waals surface area (Å²) in [6, 6.07) is 4.72. The molecule has 0 radical (unpaired) electrons. The highest BCUT2D eigenvalue weighted by Crippen LogP contribution is 2.22. The molecule has 1 amide bonds. The average molecular weight is 439 g/mol. The smallest absolute Gasteiger partial charge is 0.246 e. The van der Waals surface area contributed by atoms with Crippen LogP contribution in [0.1, 0.15) is 32.3 Å². The molecule has 6 heteroatoms. The first-order chi connectivity index (χ1) is 12.9. The summed E-state index contributed by atoms with van der Waals surface area (Å²) < 4.78 is 20.4. The fraction of sp³-hybridized carbons (Fsp3) is 0.571. The van der Waals surface area contributed by atoms with Crippen molar-refractivity contribution in [3.8, 4) is 0 Å². The lowest BCUT2D eigenvalue weighted by atomic mass is 9.95. The predicted molar refractivity (Wildman–Crippen MR) is 109 cm³/mol. The fourth-order valence-electron chi connectivity index (χ4n) is 4.04. The second kappa shape index (κ2) is 9.30. The van der Waals surface area contributed by atoms with E-state index in [2.05, 4.69) is 34.7 Å². The van der Waals surface area contributed by atoms with E-state index in [0.29, 0.717) is 23.7 Å². The number of benzene rings is 1. The van der Waals surface area contributed by atoms with Gasteiger partial charge in [0.25, 0.3) is 0 Å². The second-order valence-corrected chi connectivity index (χ2v) is 8.66. The summed E-state index contributed by atoms with van der Waals surface area (Å²) in [7, 11) is 0. The van der Waals surface area contributed by atoms with Crippen LogP contribution in [0, 0.1) is 11.7 Å². The zero-order valence-electron chi connectivity index (χ0n) is 16.0. The Bertz CT molecular complexity index is 679. The molecule has 4 nitrogen and oxygen atoms in total. The number of rotatable bonds is 4. The lowest BCUT2D eigenvalue weighted by Crippen LogP contribution is -2.48. The summed E-state index contributed by atoms with van der Waals surface area (Å²) in [5.41, 5.74) is 0.420. The number of nitrogens with zero attached hydrogens (tertiary/aromatic N) is 2. The van der Waals surface area contributed by atoms with Crippen LogP contribution in [-0.2, 0) is 9.53 Å². The Labute approximate surface area is 169 Å². The van der Waals surface area contributed by atoms with Crippen LogP contribution in [0.5, 0.6) is 0 Å². The van der Waals surface area contributed by atoms with Gasteiger partial charge in [0.1, 0.15) is 5.82 Å². The van der Waals surface area contributed by atoms with Gasteiger partial charge in [-0.05, 0) is 56.9 Å². The van der Waals surface area contributed by atoms with E-state index in [4.69, 9.17) is 4.74 Å². The van der Waals surface area contributed by atoms with E-state index in [-0.39, 0.29) is 11.7 Å². The molecule has 2 saturated heterocycles. The fourth-order valence-corrected chi connectivity index (χ4v) is 4.42. The summed E-state index contributed by atoms with van der Waals surface area (Å²) >= 11 is 3.33. The molecule has 2 heterocycles. The monoisotopic (exact) mass is 438 g/mol. The summed E-state index contributed by atoms with van der Waals surface area (Å²) in [6.45, 7) is 8.86. The van der Waals surface area contributed by atoms with Crippen LogP contribution in [0.2, 0.25) is 0 Å². The van der Waals surface area contributed by atoms with E-state index >= 15 is 0 Å². The highest BCUT2D eigenvalue weighted by atomic mass is 79.9. The lowest BCUT2D eigenvalue weighted by molar-refractivity contribution is -0.127. The maximum Gasteiger partial charge on any atom is 0.246 e. The predicted octanol–water partition coefficient (Wildman–Crippen LogP) is 3.95. The van der Waals surface area contributed by atoms with Crippen molar-refractivity contribution in [2.45, 2.75) is 38.9 Å². The second-order valence-electron chi connectivity index (χ2n) is 7.74. The maximum atomic E-state index is 13.8. The number of amides is 1. The summed E-state index contributed by atoms with van der Waals surface area (Å²) in [4.78, 5) is 16.8. The van der Waals surface area contributed by atoms with E-state index in [0.717, 1.165) is 50.0 Å². The number of hydrogen-bond donors (Lipinski definition) is 0. The van der Waals surface area contributed by atoms with Gasteiger partial charge in [0, 0.05) is 48.8 Å². The molecule has 0 aliphatic carbocycles. The number of ether oxygens (including phenoxy) is 1. The standard InChI is InChI=1S/C21H28BrFN2O2/c1-15-12-24(13-16(2)27-15)14-17-7-9-25(10-8-17)21(26)6-3-18-11-19(22)4-5-20(18)23/h3-6,11,15-17H,7-10,12-14H2,1-2H3/b6-3+. The summed E-state index contributed by atoms with van der Waals surface area (Å²) in [5.74, 6) is 0.259. The Morgan fingerprint density at radius 3 is 2.59 bits per heavy atom. The molecule has 2 fully saturated rings. The first-order valence-electron chi connectivity index (χ1n) is 9.70. The Kier molecular flexibility index (Phi) is 7.06. The number of morpholine rings is 1. The van der Waals surface area contributed by atoms with Gasteiger partial charge in [-0.1, -0.05) is 15.9 Å². The van der Waals surface area contributed by atoms with E-state index in [1.54, 1.807) is 18.2 Å². The third kappa shape index (κ3) is 5.87. The van der Waals surface area contributed by atoms with Crippen molar-refractivity contribution < 1.29 is 13.9 Å². The zero-order chi connectivity index (χ0) is 19.4. The van der Waals surface area contributed by atoms with Gasteiger partial charge in [-0.25, -0.2) is 4.39 Å². The lowest BCUT2D eigenvalue weighted by Gasteiger charge is -2.39. The van der Waals surface area contributed by atoms with Gasteiger partial charge in [-0.3, -0.25) is 9.69 Å². The van der Waals surface area contributed by atoms with Gasteiger partial charge in [-0.2, -0.15) is 0 Å². The molecule has 3 rings (SSSR count). The van der Waals surface area contributed by atoms with Crippen LogP contribution in [0.25, 0.3) is 6.08 Å². The Hall–Kier alpha value is -1.24. The Balaban J connectivity index is 1.48. The van der Waals surface area contributed by atoms with Gasteiger partial charge < -0.3 is 9.64 Å². The van der Waals surface area contributed by atoms with Crippen LogP contribution in [-0.4, -0.2) is 60.6 Å². The van der Waals surface area contributed by atoms with E-state index in [1.165, 1.54) is 12.1 Å². The van der Waals surface area contributed by atoms with Crippen LogP contribution in [0.3, 0.4) is 0 Å². The van der Waals surface area contributed by atoms with Gasteiger partial charge in [0.2, 0.25) is 5.91 Å². The number of carbonyl (C=O) groups excluding carboxylic acids is 1. The number of hydrogen-bond acceptors (Lipinski definition) is 3. The van der Waals surface area contributed by atoms with Crippen molar-refractivity contribution >= 4 is 27.9 Å². The number of likely N-dealkylation sites (tertiary alicyclic amines) is 1. The molecule has 2 aliphatic heterocycles. The topological polar surface area (TPSA) is 32.8 Å². The van der Waals surface area contributed by atoms with E-state index < -0.39 is 0 Å². The molecule has 1 aromatic carbocycles. The molecule has 2 atom stereocenters. The van der Waals surface area contributed by atoms with Gasteiger partial charge >= 0.3 is 0 Å².